The van der Waals surface area contributed by atoms with Crippen LogP contribution in [0.3, 0.4) is 0 Å². The van der Waals surface area contributed by atoms with Crippen molar-refractivity contribution in [1.29, 1.82) is 0 Å². The number of rotatable bonds is 10. The van der Waals surface area contributed by atoms with Gasteiger partial charge in [-0.05, 0) is 50.0 Å². The maximum atomic E-state index is 12.7. The number of aliphatic hydroxyl groups excluding tert-OH is 2. The average Bonchev–Trinajstić information content (AvgIpc) is 3.22. The van der Waals surface area contributed by atoms with Gasteiger partial charge in [0.25, 0.3) is 0 Å². The molecule has 7 atom stereocenters. The molecule has 0 spiro atoms. The van der Waals surface area contributed by atoms with Crippen LogP contribution in [0.4, 0.5) is 0 Å². The molecule has 2 N–H and O–H groups in total. The summed E-state index contributed by atoms with van der Waals surface area (Å²) in [6.07, 6.45) is 6.07. The van der Waals surface area contributed by atoms with E-state index >= 15 is 0 Å². The summed E-state index contributed by atoms with van der Waals surface area (Å²) in [5.74, 6) is -0.565. The molecule has 0 bridgehead atoms. The minimum atomic E-state index is -0.875. The Labute approximate surface area is 173 Å². The van der Waals surface area contributed by atoms with Crippen molar-refractivity contribution in [2.75, 3.05) is 0 Å². The molecule has 1 aromatic heterocycles. The van der Waals surface area contributed by atoms with Gasteiger partial charge >= 0.3 is 5.97 Å². The molecule has 1 aromatic rings. The highest BCUT2D eigenvalue weighted by Crippen LogP contribution is 2.50. The second-order valence-electron chi connectivity index (χ2n) is 8.79. The number of hydrogen-bond acceptors (Lipinski definition) is 6. The standard InChI is InChI=1S/C23H36O6/c1-5-6-22(29-17(4)25)16(3)23(14-24,12-21(27)18-9-10-28-13-18)19-7-8-20(26)15(2)11-19/h9-10,13-16,19-22,26-27H,5-8,11-12H2,1-4H3/t15-,16+,19-,20+,21+,22+,23+/m0/s1. The van der Waals surface area contributed by atoms with Crippen LogP contribution in [0.2, 0.25) is 0 Å². The van der Waals surface area contributed by atoms with E-state index in [1.807, 2.05) is 20.8 Å². The van der Waals surface area contributed by atoms with Crippen molar-refractivity contribution in [1.82, 2.24) is 0 Å². The van der Waals surface area contributed by atoms with E-state index in [0.717, 1.165) is 12.7 Å². The van der Waals surface area contributed by atoms with Gasteiger partial charge in [-0.25, -0.2) is 0 Å². The van der Waals surface area contributed by atoms with Crippen molar-refractivity contribution in [3.8, 4) is 0 Å². The van der Waals surface area contributed by atoms with Gasteiger partial charge in [-0.15, -0.1) is 0 Å². The Morgan fingerprint density at radius 3 is 2.69 bits per heavy atom. The topological polar surface area (TPSA) is 97.0 Å². The Morgan fingerprint density at radius 2 is 2.17 bits per heavy atom. The Bertz CT molecular complexity index is 642. The summed E-state index contributed by atoms with van der Waals surface area (Å²) in [7, 11) is 0. The maximum absolute atomic E-state index is 12.7. The van der Waals surface area contributed by atoms with Crippen molar-refractivity contribution in [3.63, 3.8) is 0 Å². The van der Waals surface area contributed by atoms with E-state index in [2.05, 4.69) is 0 Å². The second kappa shape index (κ2) is 10.4. The smallest absolute Gasteiger partial charge is 0.302 e. The van der Waals surface area contributed by atoms with Gasteiger partial charge < -0.3 is 24.2 Å². The fourth-order valence-electron chi connectivity index (χ4n) is 5.02. The number of ether oxygens (including phenoxy) is 1. The molecule has 1 fully saturated rings. The van der Waals surface area contributed by atoms with E-state index in [-0.39, 0.29) is 36.2 Å². The third kappa shape index (κ3) is 5.48. The van der Waals surface area contributed by atoms with Crippen LogP contribution >= 0.6 is 0 Å². The number of aldehydes is 1. The van der Waals surface area contributed by atoms with E-state index in [4.69, 9.17) is 9.15 Å². The van der Waals surface area contributed by atoms with Gasteiger partial charge in [-0.2, -0.15) is 0 Å². The second-order valence-corrected chi connectivity index (χ2v) is 8.79. The highest BCUT2D eigenvalue weighted by Gasteiger charge is 2.50. The average molecular weight is 409 g/mol. The molecule has 6 heteroatoms. The maximum Gasteiger partial charge on any atom is 0.302 e. The van der Waals surface area contributed by atoms with E-state index in [0.29, 0.717) is 31.2 Å². The summed E-state index contributed by atoms with van der Waals surface area (Å²) in [4.78, 5) is 24.4. The van der Waals surface area contributed by atoms with Crippen molar-refractivity contribution in [3.05, 3.63) is 24.2 Å². The quantitative estimate of drug-likeness (QED) is 0.448. The molecule has 0 aliphatic heterocycles. The SMILES string of the molecule is CCC[C@@H](OC(C)=O)[C@@H](C)[C@](C=O)(C[C@@H](O)c1ccoc1)[C@H]1CC[C@@H](O)[C@@H](C)C1. The molecular weight excluding hydrogens is 372 g/mol. The number of aliphatic hydroxyl groups is 2. The first-order chi connectivity index (χ1) is 13.7. The zero-order chi connectivity index (χ0) is 21.6. The largest absolute Gasteiger partial charge is 0.472 e. The highest BCUT2D eigenvalue weighted by molar-refractivity contribution is 5.66. The third-order valence-electron chi connectivity index (χ3n) is 6.87. The molecule has 0 aromatic carbocycles. The Balaban J connectivity index is 2.40. The molecular formula is C23H36O6. The summed E-state index contributed by atoms with van der Waals surface area (Å²) >= 11 is 0. The van der Waals surface area contributed by atoms with Crippen LogP contribution in [0.1, 0.15) is 77.9 Å². The van der Waals surface area contributed by atoms with Crippen LogP contribution < -0.4 is 0 Å². The van der Waals surface area contributed by atoms with Gasteiger partial charge in [0.15, 0.2) is 0 Å². The summed E-state index contributed by atoms with van der Waals surface area (Å²) in [6, 6.07) is 1.70. The van der Waals surface area contributed by atoms with Gasteiger partial charge in [0.05, 0.1) is 24.7 Å². The van der Waals surface area contributed by atoms with Crippen molar-refractivity contribution < 1.29 is 29.0 Å². The molecule has 1 aliphatic carbocycles. The van der Waals surface area contributed by atoms with E-state index in [1.54, 1.807) is 6.07 Å². The molecule has 29 heavy (non-hydrogen) atoms. The van der Waals surface area contributed by atoms with Crippen molar-refractivity contribution >= 4 is 12.3 Å². The minimum absolute atomic E-state index is 0.00938. The van der Waals surface area contributed by atoms with Gasteiger partial charge in [0.2, 0.25) is 0 Å². The lowest BCUT2D eigenvalue weighted by Gasteiger charge is -2.48. The molecule has 6 nitrogen and oxygen atoms in total. The monoisotopic (exact) mass is 408 g/mol. The van der Waals surface area contributed by atoms with Gasteiger partial charge in [-0.3, -0.25) is 4.79 Å². The first-order valence-corrected chi connectivity index (χ1v) is 10.8. The lowest BCUT2D eigenvalue weighted by atomic mass is 9.57. The van der Waals surface area contributed by atoms with Crippen molar-refractivity contribution in [2.24, 2.45) is 23.2 Å². The van der Waals surface area contributed by atoms with E-state index < -0.39 is 17.6 Å². The van der Waals surface area contributed by atoms with E-state index in [1.165, 1.54) is 19.5 Å². The molecule has 0 unspecified atom stereocenters. The fourth-order valence-corrected chi connectivity index (χ4v) is 5.02. The number of carbonyl (C=O) groups excluding carboxylic acids is 2. The summed E-state index contributed by atoms with van der Waals surface area (Å²) in [5.41, 5.74) is -0.243. The minimum Gasteiger partial charge on any atom is -0.472 e. The summed E-state index contributed by atoms with van der Waals surface area (Å²) in [6.45, 7) is 7.36. The Hall–Kier alpha value is -1.66. The molecule has 0 amide bonds. The Kier molecular flexibility index (Phi) is 8.46. The molecule has 1 aliphatic rings. The summed E-state index contributed by atoms with van der Waals surface area (Å²) in [5, 5.41) is 21.1. The van der Waals surface area contributed by atoms with Crippen LogP contribution in [-0.4, -0.2) is 34.7 Å². The number of furan rings is 1. The number of hydrogen-bond donors (Lipinski definition) is 2. The number of esters is 1. The number of carbonyl (C=O) groups is 2. The van der Waals surface area contributed by atoms with Gasteiger partial charge in [-0.1, -0.05) is 27.2 Å². The predicted molar refractivity (Wildman–Crippen MR) is 109 cm³/mol. The Morgan fingerprint density at radius 1 is 1.45 bits per heavy atom. The van der Waals surface area contributed by atoms with E-state index in [9.17, 15) is 19.8 Å². The molecule has 164 valence electrons. The molecule has 0 saturated heterocycles. The lowest BCUT2D eigenvalue weighted by Crippen LogP contribution is -2.48. The van der Waals surface area contributed by atoms with Crippen LogP contribution in [-0.2, 0) is 14.3 Å². The zero-order valence-electron chi connectivity index (χ0n) is 18.0. The van der Waals surface area contributed by atoms with Crippen LogP contribution in [0.25, 0.3) is 0 Å². The molecule has 1 saturated carbocycles. The first-order valence-electron chi connectivity index (χ1n) is 10.8. The molecule has 1 heterocycles. The summed E-state index contributed by atoms with van der Waals surface area (Å²) < 4.78 is 10.7. The first kappa shape index (κ1) is 23.6. The van der Waals surface area contributed by atoms with Crippen molar-refractivity contribution in [2.45, 2.75) is 84.5 Å². The molecule has 0 radical (unpaired) electrons. The van der Waals surface area contributed by atoms with Gasteiger partial charge in [0.1, 0.15) is 12.4 Å². The van der Waals surface area contributed by atoms with Crippen LogP contribution in [0.5, 0.6) is 0 Å². The van der Waals surface area contributed by atoms with Crippen LogP contribution in [0, 0.1) is 23.2 Å². The predicted octanol–water partition coefficient (Wildman–Crippen LogP) is 4.05. The third-order valence-corrected chi connectivity index (χ3v) is 6.87. The highest BCUT2D eigenvalue weighted by atomic mass is 16.5. The fraction of sp³-hybridized carbons (Fsp3) is 0.739. The normalized spacial score (nSPS) is 27.4. The molecule has 2 rings (SSSR count). The zero-order valence-corrected chi connectivity index (χ0v) is 18.0. The van der Waals surface area contributed by atoms with Crippen LogP contribution in [0.15, 0.2) is 23.0 Å². The lowest BCUT2D eigenvalue weighted by molar-refractivity contribution is -0.159. The van der Waals surface area contributed by atoms with Gasteiger partial charge in [0, 0.05) is 23.8 Å².